The molecule has 5 rings (SSSR count). The van der Waals surface area contributed by atoms with Gasteiger partial charge in [-0.1, -0.05) is 42.0 Å². The van der Waals surface area contributed by atoms with Crippen LogP contribution < -0.4 is 4.74 Å². The lowest BCUT2D eigenvalue weighted by Gasteiger charge is -2.36. The molecule has 0 aliphatic heterocycles. The molecule has 0 aromatic heterocycles. The maximum atomic E-state index is 13.5. The third kappa shape index (κ3) is 2.63. The summed E-state index contributed by atoms with van der Waals surface area (Å²) >= 11 is 0. The van der Waals surface area contributed by atoms with Crippen LogP contribution in [-0.4, -0.2) is 24.5 Å². The molecule has 3 aliphatic carbocycles. The van der Waals surface area contributed by atoms with Crippen molar-refractivity contribution in [1.29, 1.82) is 0 Å². The minimum Gasteiger partial charge on any atom is -0.497 e. The van der Waals surface area contributed by atoms with E-state index in [-0.39, 0.29) is 17.3 Å². The highest BCUT2D eigenvalue weighted by molar-refractivity contribution is 6.28. The number of ether oxygens (including phenoxy) is 1. The fourth-order valence-corrected chi connectivity index (χ4v) is 4.89. The van der Waals surface area contributed by atoms with Crippen molar-refractivity contribution in [3.05, 3.63) is 87.5 Å². The summed E-state index contributed by atoms with van der Waals surface area (Å²) in [4.78, 5) is 39.8. The number of hydrogen-bond acceptors (Lipinski definition) is 4. The fourth-order valence-electron chi connectivity index (χ4n) is 4.89. The number of ketones is 3. The van der Waals surface area contributed by atoms with E-state index in [9.17, 15) is 14.4 Å². The first-order valence-electron chi connectivity index (χ1n) is 9.90. The third-order valence-corrected chi connectivity index (χ3v) is 6.24. The third-order valence-electron chi connectivity index (χ3n) is 6.24. The van der Waals surface area contributed by atoms with Crippen molar-refractivity contribution in [3.63, 3.8) is 0 Å². The van der Waals surface area contributed by atoms with Gasteiger partial charge in [0.05, 0.1) is 7.11 Å². The van der Waals surface area contributed by atoms with Crippen molar-refractivity contribution in [3.8, 4) is 5.75 Å². The van der Waals surface area contributed by atoms with Crippen LogP contribution in [0.15, 0.2) is 70.8 Å². The van der Waals surface area contributed by atoms with Gasteiger partial charge in [-0.3, -0.25) is 14.4 Å². The Morgan fingerprint density at radius 2 is 1.52 bits per heavy atom. The number of rotatable bonds is 2. The van der Waals surface area contributed by atoms with E-state index in [0.29, 0.717) is 40.9 Å². The maximum Gasteiger partial charge on any atom is 0.191 e. The van der Waals surface area contributed by atoms with Crippen LogP contribution in [0.3, 0.4) is 0 Å². The summed E-state index contributed by atoms with van der Waals surface area (Å²) in [7, 11) is 1.60. The molecule has 2 aromatic carbocycles. The fraction of sp³-hybridized carbons (Fsp3) is 0.240. The Labute approximate surface area is 168 Å². The molecule has 1 unspecified atom stereocenters. The zero-order chi connectivity index (χ0) is 20.1. The molecule has 29 heavy (non-hydrogen) atoms. The first-order valence-corrected chi connectivity index (χ1v) is 9.90. The molecule has 0 fully saturated rings. The van der Waals surface area contributed by atoms with Crippen molar-refractivity contribution >= 4 is 17.3 Å². The highest BCUT2D eigenvalue weighted by atomic mass is 16.5. The predicted octanol–water partition coefficient (Wildman–Crippen LogP) is 4.61. The van der Waals surface area contributed by atoms with Gasteiger partial charge in [-0.05, 0) is 37.0 Å². The van der Waals surface area contributed by atoms with Crippen LogP contribution in [0, 0.1) is 0 Å². The minimum atomic E-state index is -0.489. The predicted molar refractivity (Wildman–Crippen MR) is 108 cm³/mol. The van der Waals surface area contributed by atoms with Crippen LogP contribution in [-0.2, 0) is 4.79 Å². The normalized spacial score (nSPS) is 21.0. The zero-order valence-corrected chi connectivity index (χ0v) is 16.2. The Hall–Kier alpha value is -3.27. The average molecular weight is 384 g/mol. The van der Waals surface area contributed by atoms with Gasteiger partial charge in [0.2, 0.25) is 0 Å². The Kier molecular flexibility index (Phi) is 4.09. The highest BCUT2D eigenvalue weighted by Crippen LogP contribution is 2.49. The van der Waals surface area contributed by atoms with Gasteiger partial charge in [-0.15, -0.1) is 0 Å². The van der Waals surface area contributed by atoms with Gasteiger partial charge in [0.1, 0.15) is 5.75 Å². The summed E-state index contributed by atoms with van der Waals surface area (Å²) in [6.45, 7) is 0. The molecule has 4 heteroatoms. The molecule has 0 saturated heterocycles. The summed E-state index contributed by atoms with van der Waals surface area (Å²) in [5.41, 5.74) is 4.53. The number of Topliss-reactive ketones (excluding diaryl/α,β-unsaturated/α-hetero) is 3. The van der Waals surface area contributed by atoms with E-state index in [0.717, 1.165) is 29.6 Å². The van der Waals surface area contributed by atoms with Crippen LogP contribution in [0.2, 0.25) is 0 Å². The van der Waals surface area contributed by atoms with Crippen LogP contribution in [0.1, 0.15) is 57.9 Å². The second kappa shape index (κ2) is 6.66. The summed E-state index contributed by atoms with van der Waals surface area (Å²) in [6, 6.07) is 14.4. The molecule has 0 heterocycles. The van der Waals surface area contributed by atoms with E-state index in [1.807, 2.05) is 24.3 Å². The monoisotopic (exact) mass is 384 g/mol. The lowest BCUT2D eigenvalue weighted by molar-refractivity contribution is -0.116. The van der Waals surface area contributed by atoms with E-state index in [2.05, 4.69) is 0 Å². The molecule has 2 aromatic rings. The van der Waals surface area contributed by atoms with E-state index in [1.165, 1.54) is 0 Å². The summed E-state index contributed by atoms with van der Waals surface area (Å²) in [6.07, 6.45) is 2.50. The van der Waals surface area contributed by atoms with Crippen molar-refractivity contribution in [2.24, 2.45) is 0 Å². The molecule has 4 nitrogen and oxygen atoms in total. The Morgan fingerprint density at radius 3 is 2.21 bits per heavy atom. The molecule has 0 spiro atoms. The van der Waals surface area contributed by atoms with Crippen LogP contribution in [0.25, 0.3) is 0 Å². The SMILES string of the molecule is COc1ccc(C2C3=C(CCCC3=O)CC3=C2C(=O)c2ccccc2C3=O)cc1. The highest BCUT2D eigenvalue weighted by Gasteiger charge is 2.43. The summed E-state index contributed by atoms with van der Waals surface area (Å²) < 4.78 is 5.26. The lowest BCUT2D eigenvalue weighted by atomic mass is 9.65. The van der Waals surface area contributed by atoms with Crippen molar-refractivity contribution < 1.29 is 19.1 Å². The van der Waals surface area contributed by atoms with Crippen LogP contribution in [0.5, 0.6) is 5.75 Å². The Morgan fingerprint density at radius 1 is 0.828 bits per heavy atom. The number of carbonyl (C=O) groups is 3. The zero-order valence-electron chi connectivity index (χ0n) is 16.2. The van der Waals surface area contributed by atoms with Crippen LogP contribution in [0.4, 0.5) is 0 Å². The van der Waals surface area contributed by atoms with Gasteiger partial charge in [-0.25, -0.2) is 0 Å². The van der Waals surface area contributed by atoms with E-state index < -0.39 is 5.92 Å². The number of fused-ring (bicyclic) bond motifs is 1. The number of hydrogen-bond donors (Lipinski definition) is 0. The molecule has 0 bridgehead atoms. The Bertz CT molecular complexity index is 1130. The van der Waals surface area contributed by atoms with Gasteiger partial charge < -0.3 is 4.74 Å². The molecular formula is C25H20O4. The van der Waals surface area contributed by atoms with Crippen molar-refractivity contribution in [2.45, 2.75) is 31.6 Å². The van der Waals surface area contributed by atoms with E-state index in [1.54, 1.807) is 31.4 Å². The summed E-state index contributed by atoms with van der Waals surface area (Å²) in [5.74, 6) is 0.0912. The topological polar surface area (TPSA) is 60.4 Å². The second-order valence-corrected chi connectivity index (χ2v) is 7.77. The van der Waals surface area contributed by atoms with Gasteiger partial charge in [0.25, 0.3) is 0 Å². The van der Waals surface area contributed by atoms with Gasteiger partial charge in [-0.2, -0.15) is 0 Å². The average Bonchev–Trinajstić information content (AvgIpc) is 2.76. The summed E-state index contributed by atoms with van der Waals surface area (Å²) in [5, 5.41) is 0. The van der Waals surface area contributed by atoms with Gasteiger partial charge in [0, 0.05) is 40.2 Å². The maximum absolute atomic E-state index is 13.5. The lowest BCUT2D eigenvalue weighted by Crippen LogP contribution is -2.33. The first-order chi connectivity index (χ1) is 14.1. The van der Waals surface area contributed by atoms with Crippen molar-refractivity contribution in [2.75, 3.05) is 7.11 Å². The quantitative estimate of drug-likeness (QED) is 0.759. The molecular weight excluding hydrogens is 364 g/mol. The van der Waals surface area contributed by atoms with Crippen molar-refractivity contribution in [1.82, 2.24) is 0 Å². The minimum absolute atomic E-state index is 0.0849. The number of allylic oxidation sites excluding steroid dienone is 4. The van der Waals surface area contributed by atoms with Gasteiger partial charge in [0.15, 0.2) is 17.3 Å². The smallest absolute Gasteiger partial charge is 0.191 e. The second-order valence-electron chi connectivity index (χ2n) is 7.77. The molecule has 0 amide bonds. The van der Waals surface area contributed by atoms with Gasteiger partial charge >= 0.3 is 0 Å². The molecule has 0 radical (unpaired) electrons. The van der Waals surface area contributed by atoms with E-state index in [4.69, 9.17) is 4.74 Å². The molecule has 3 aliphatic rings. The number of benzene rings is 2. The van der Waals surface area contributed by atoms with Crippen LogP contribution >= 0.6 is 0 Å². The number of carbonyl (C=O) groups excluding carboxylic acids is 3. The Balaban J connectivity index is 1.74. The molecule has 144 valence electrons. The van der Waals surface area contributed by atoms with E-state index >= 15 is 0 Å². The molecule has 0 saturated carbocycles. The largest absolute Gasteiger partial charge is 0.497 e. The first kappa shape index (κ1) is 17.8. The standard InChI is InChI=1S/C25H20O4/c1-29-16-11-9-14(10-12-16)22-21-15(5-4-8-20(21)26)13-19-23(22)25(28)18-7-3-2-6-17(18)24(19)27/h2-3,6-7,9-12,22H,4-5,8,13H2,1H3. The molecule has 1 atom stereocenters. The number of methoxy groups -OCH3 is 1. The molecule has 0 N–H and O–H groups in total.